The van der Waals surface area contributed by atoms with Gasteiger partial charge in [-0.05, 0) is 41.0 Å². The van der Waals surface area contributed by atoms with Crippen molar-refractivity contribution in [2.24, 2.45) is 10.8 Å². The van der Waals surface area contributed by atoms with Crippen LogP contribution in [0.1, 0.15) is 64.9 Å². The molecule has 29 heavy (non-hydrogen) atoms. The van der Waals surface area contributed by atoms with E-state index in [9.17, 15) is 24.9 Å². The predicted molar refractivity (Wildman–Crippen MR) is 111 cm³/mol. The van der Waals surface area contributed by atoms with Gasteiger partial charge in [-0.25, -0.2) is 0 Å². The van der Waals surface area contributed by atoms with Crippen molar-refractivity contribution in [3.05, 3.63) is 50.9 Å². The van der Waals surface area contributed by atoms with E-state index in [1.165, 1.54) is 6.07 Å². The van der Waals surface area contributed by atoms with Crippen LogP contribution in [0.15, 0.2) is 45.3 Å². The molecule has 0 spiro atoms. The highest BCUT2D eigenvalue weighted by Gasteiger charge is 2.42. The normalized spacial score (nSPS) is 22.8. The molecule has 1 aromatic carbocycles. The number of aliphatic hydroxyl groups excluding tert-OH is 1. The first-order valence-electron chi connectivity index (χ1n) is 9.68. The summed E-state index contributed by atoms with van der Waals surface area (Å²) in [4.78, 5) is 26.1. The number of aromatic hydroxyl groups is 1. The van der Waals surface area contributed by atoms with Gasteiger partial charge in [-0.1, -0.05) is 43.6 Å². The van der Waals surface area contributed by atoms with Crippen LogP contribution in [-0.2, 0) is 9.59 Å². The van der Waals surface area contributed by atoms with E-state index >= 15 is 0 Å². The highest BCUT2D eigenvalue weighted by Crippen LogP contribution is 2.49. The van der Waals surface area contributed by atoms with E-state index in [4.69, 9.17) is 0 Å². The van der Waals surface area contributed by atoms with Crippen LogP contribution in [0.5, 0.6) is 5.75 Å². The third-order valence-corrected chi connectivity index (χ3v) is 6.15. The van der Waals surface area contributed by atoms with E-state index in [0.29, 0.717) is 4.47 Å². The van der Waals surface area contributed by atoms with Crippen LogP contribution in [0, 0.1) is 10.8 Å². The van der Waals surface area contributed by atoms with Crippen molar-refractivity contribution in [3.8, 4) is 5.75 Å². The Morgan fingerprint density at radius 1 is 0.931 bits per heavy atom. The van der Waals surface area contributed by atoms with Gasteiger partial charge in [-0.3, -0.25) is 9.59 Å². The molecular weight excluding hydrogens is 436 g/mol. The third kappa shape index (κ3) is 4.27. The van der Waals surface area contributed by atoms with Crippen LogP contribution < -0.4 is 5.11 Å². The fourth-order valence-corrected chi connectivity index (χ4v) is 4.82. The summed E-state index contributed by atoms with van der Waals surface area (Å²) in [5, 5.41) is 34.4. The molecule has 2 aliphatic rings. The van der Waals surface area contributed by atoms with Crippen molar-refractivity contribution < 1.29 is 24.9 Å². The molecule has 6 heteroatoms. The van der Waals surface area contributed by atoms with E-state index in [0.717, 1.165) is 0 Å². The fraction of sp³-hybridized carbons (Fsp3) is 0.478. The van der Waals surface area contributed by atoms with Gasteiger partial charge in [0.1, 0.15) is 11.5 Å². The van der Waals surface area contributed by atoms with Gasteiger partial charge in [-0.15, -0.1) is 5.76 Å². The second kappa shape index (κ2) is 7.31. The minimum absolute atomic E-state index is 0.0210. The average Bonchev–Trinajstić information content (AvgIpc) is 2.52. The lowest BCUT2D eigenvalue weighted by Crippen LogP contribution is -2.35. The molecular formula is C23H26BrO5-. The molecule has 0 fully saturated rings. The standard InChI is InChI=1S/C23H27BrO5/c1-22(2)8-15(26)20(16(27)9-22)19(13-7-12(24)5-6-14(13)25)21-17(28)10-23(3,4)11-18(21)29/h5-7,19,25-26,28H,8-11H2,1-4H3/p-1. The maximum absolute atomic E-state index is 13.1. The number of allylic oxidation sites excluding steroid dienone is 4. The van der Waals surface area contributed by atoms with Crippen LogP contribution in [0.3, 0.4) is 0 Å². The van der Waals surface area contributed by atoms with Gasteiger partial charge in [0, 0.05) is 40.8 Å². The summed E-state index contributed by atoms with van der Waals surface area (Å²) in [5.41, 5.74) is -0.579. The quantitative estimate of drug-likeness (QED) is 0.692. The molecule has 2 N–H and O–H groups in total. The molecule has 1 atom stereocenters. The Hall–Kier alpha value is -2.08. The van der Waals surface area contributed by atoms with Gasteiger partial charge in [0.25, 0.3) is 0 Å². The van der Waals surface area contributed by atoms with Crippen molar-refractivity contribution in [1.29, 1.82) is 0 Å². The van der Waals surface area contributed by atoms with Crippen LogP contribution in [0.2, 0.25) is 0 Å². The number of rotatable bonds is 3. The molecule has 2 aliphatic carbocycles. The van der Waals surface area contributed by atoms with E-state index in [-0.39, 0.29) is 71.2 Å². The molecule has 0 heterocycles. The van der Waals surface area contributed by atoms with Crippen LogP contribution in [-0.4, -0.2) is 21.8 Å². The number of benzene rings is 1. The molecule has 0 radical (unpaired) electrons. The smallest absolute Gasteiger partial charge is 0.163 e. The first-order valence-corrected chi connectivity index (χ1v) is 10.5. The SMILES string of the molecule is CC1(C)CC(=O)C(C(C2=C(O)CC(C)(C)CC2=O)c2cc(Br)ccc2O)=C([O-])C1. The summed E-state index contributed by atoms with van der Waals surface area (Å²) in [6, 6.07) is 4.68. The van der Waals surface area contributed by atoms with E-state index in [2.05, 4.69) is 15.9 Å². The van der Waals surface area contributed by atoms with Crippen LogP contribution in [0.25, 0.3) is 0 Å². The molecule has 0 aromatic heterocycles. The summed E-state index contributed by atoms with van der Waals surface area (Å²) in [6.45, 7) is 7.48. The number of hydrogen-bond donors (Lipinski definition) is 2. The zero-order chi connectivity index (χ0) is 21.7. The molecule has 5 nitrogen and oxygen atoms in total. The lowest BCUT2D eigenvalue weighted by Gasteiger charge is -2.40. The Balaban J connectivity index is 2.29. The summed E-state index contributed by atoms with van der Waals surface area (Å²) in [6.07, 6.45) is 0.805. The Morgan fingerprint density at radius 3 is 2.03 bits per heavy atom. The monoisotopic (exact) mass is 461 g/mol. The molecule has 0 bridgehead atoms. The van der Waals surface area contributed by atoms with E-state index in [1.807, 2.05) is 27.7 Å². The van der Waals surface area contributed by atoms with Crippen molar-refractivity contribution in [2.75, 3.05) is 0 Å². The summed E-state index contributed by atoms with van der Waals surface area (Å²) >= 11 is 3.36. The highest BCUT2D eigenvalue weighted by atomic mass is 79.9. The fourth-order valence-electron chi connectivity index (χ4n) is 4.44. The highest BCUT2D eigenvalue weighted by molar-refractivity contribution is 9.10. The molecule has 0 amide bonds. The van der Waals surface area contributed by atoms with Crippen LogP contribution >= 0.6 is 15.9 Å². The Bertz CT molecular complexity index is 900. The number of phenols is 1. The maximum atomic E-state index is 13.1. The van der Waals surface area contributed by atoms with Crippen molar-refractivity contribution >= 4 is 27.5 Å². The zero-order valence-corrected chi connectivity index (χ0v) is 18.7. The van der Waals surface area contributed by atoms with Gasteiger partial charge in [0.2, 0.25) is 0 Å². The summed E-state index contributed by atoms with van der Waals surface area (Å²) in [5.74, 6) is -2.31. The lowest BCUT2D eigenvalue weighted by molar-refractivity contribution is -0.312. The Morgan fingerprint density at radius 2 is 1.48 bits per heavy atom. The number of Topliss-reactive ketones (excluding diaryl/α,β-unsaturated/α-hetero) is 2. The maximum Gasteiger partial charge on any atom is 0.163 e. The minimum atomic E-state index is -1.08. The molecule has 0 saturated carbocycles. The topological polar surface area (TPSA) is 97.7 Å². The lowest BCUT2D eigenvalue weighted by atomic mass is 9.67. The largest absolute Gasteiger partial charge is 0.875 e. The first kappa shape index (κ1) is 21.6. The number of hydrogen-bond acceptors (Lipinski definition) is 5. The predicted octanol–water partition coefficient (Wildman–Crippen LogP) is 4.44. The third-order valence-electron chi connectivity index (χ3n) is 5.65. The second-order valence-corrected chi connectivity index (χ2v) is 10.6. The van der Waals surface area contributed by atoms with E-state index < -0.39 is 16.7 Å². The van der Waals surface area contributed by atoms with Crippen molar-refractivity contribution in [2.45, 2.75) is 59.3 Å². The molecule has 0 saturated heterocycles. The Labute approximate surface area is 179 Å². The Kier molecular flexibility index (Phi) is 5.45. The average molecular weight is 462 g/mol. The molecule has 1 aromatic rings. The second-order valence-electron chi connectivity index (χ2n) is 9.72. The summed E-state index contributed by atoms with van der Waals surface area (Å²) < 4.78 is 0.635. The molecule has 0 aliphatic heterocycles. The van der Waals surface area contributed by atoms with Gasteiger partial charge >= 0.3 is 0 Å². The van der Waals surface area contributed by atoms with Crippen molar-refractivity contribution in [3.63, 3.8) is 0 Å². The van der Waals surface area contributed by atoms with E-state index in [1.54, 1.807) is 12.1 Å². The van der Waals surface area contributed by atoms with Gasteiger partial charge in [0.15, 0.2) is 11.6 Å². The number of halogens is 1. The van der Waals surface area contributed by atoms with Crippen molar-refractivity contribution in [1.82, 2.24) is 0 Å². The number of aliphatic hydroxyl groups is 1. The number of carbonyl (C=O) groups is 2. The number of ketones is 2. The summed E-state index contributed by atoms with van der Waals surface area (Å²) in [7, 11) is 0. The minimum Gasteiger partial charge on any atom is -0.875 e. The molecule has 3 rings (SSSR count). The van der Waals surface area contributed by atoms with Crippen LogP contribution in [0.4, 0.5) is 0 Å². The molecule has 156 valence electrons. The van der Waals surface area contributed by atoms with Gasteiger partial charge < -0.3 is 15.3 Å². The van der Waals surface area contributed by atoms with Gasteiger partial charge in [0.05, 0.1) is 0 Å². The zero-order valence-electron chi connectivity index (χ0n) is 17.1. The van der Waals surface area contributed by atoms with Gasteiger partial charge in [-0.2, -0.15) is 0 Å². The molecule has 1 unspecified atom stereocenters. The number of phenolic OH excluding ortho intramolecular Hbond substituents is 1. The first-order chi connectivity index (χ1) is 13.3. The number of carbonyl (C=O) groups excluding carboxylic acids is 2.